The minimum atomic E-state index is -4.43. The summed E-state index contributed by atoms with van der Waals surface area (Å²) in [4.78, 5) is 3.73. The molecule has 0 saturated heterocycles. The molecule has 106 valence electrons. The lowest BCUT2D eigenvalue weighted by Crippen LogP contribution is -2.29. The highest BCUT2D eigenvalue weighted by Crippen LogP contribution is 2.32. The number of rotatable bonds is 3. The third-order valence-corrected chi connectivity index (χ3v) is 3.71. The van der Waals surface area contributed by atoms with Gasteiger partial charge in [0.2, 0.25) is 0 Å². The standard InChI is InChI=1S/C12H15ClF3N3/c13-9-4-8(12(14,15)16)6-19-11(9)18-5-7-2-1-3-10(7)17/h4,6-7,10H,1-3,5,17H2,(H,18,19). The lowest BCUT2D eigenvalue weighted by Gasteiger charge is -2.17. The van der Waals surface area contributed by atoms with Crippen LogP contribution in [-0.2, 0) is 6.18 Å². The Morgan fingerprint density at radius 1 is 1.42 bits per heavy atom. The molecule has 0 aliphatic heterocycles. The van der Waals surface area contributed by atoms with Gasteiger partial charge in [0.25, 0.3) is 0 Å². The second kappa shape index (κ2) is 5.54. The van der Waals surface area contributed by atoms with Crippen LogP contribution in [0.5, 0.6) is 0 Å². The van der Waals surface area contributed by atoms with E-state index in [1.54, 1.807) is 0 Å². The Kier molecular flexibility index (Phi) is 4.20. The van der Waals surface area contributed by atoms with Crippen LogP contribution in [0.15, 0.2) is 12.3 Å². The van der Waals surface area contributed by atoms with Gasteiger partial charge in [-0.2, -0.15) is 13.2 Å². The van der Waals surface area contributed by atoms with Gasteiger partial charge in [0.05, 0.1) is 10.6 Å². The third kappa shape index (κ3) is 3.51. The first-order valence-electron chi connectivity index (χ1n) is 6.10. The third-order valence-electron chi connectivity index (χ3n) is 3.42. The molecule has 0 bridgehead atoms. The van der Waals surface area contributed by atoms with E-state index in [9.17, 15) is 13.2 Å². The van der Waals surface area contributed by atoms with E-state index in [4.69, 9.17) is 17.3 Å². The van der Waals surface area contributed by atoms with Crippen molar-refractivity contribution < 1.29 is 13.2 Å². The van der Waals surface area contributed by atoms with Crippen molar-refractivity contribution in [2.75, 3.05) is 11.9 Å². The molecule has 0 spiro atoms. The van der Waals surface area contributed by atoms with Gasteiger partial charge in [-0.05, 0) is 24.8 Å². The number of alkyl halides is 3. The summed E-state index contributed by atoms with van der Waals surface area (Å²) in [6.45, 7) is 0.583. The molecule has 1 aromatic heterocycles. The van der Waals surface area contributed by atoms with Crippen molar-refractivity contribution in [3.8, 4) is 0 Å². The molecular formula is C12H15ClF3N3. The van der Waals surface area contributed by atoms with Crippen LogP contribution in [0.1, 0.15) is 24.8 Å². The van der Waals surface area contributed by atoms with Gasteiger partial charge >= 0.3 is 6.18 Å². The fraction of sp³-hybridized carbons (Fsp3) is 0.583. The molecule has 2 unspecified atom stereocenters. The zero-order valence-electron chi connectivity index (χ0n) is 10.2. The highest BCUT2D eigenvalue weighted by atomic mass is 35.5. The van der Waals surface area contributed by atoms with Crippen molar-refractivity contribution in [3.63, 3.8) is 0 Å². The van der Waals surface area contributed by atoms with Gasteiger partial charge in [-0.3, -0.25) is 0 Å². The molecule has 0 aromatic carbocycles. The summed E-state index contributed by atoms with van der Waals surface area (Å²) < 4.78 is 37.3. The van der Waals surface area contributed by atoms with Crippen molar-refractivity contribution in [3.05, 3.63) is 22.8 Å². The molecule has 1 aliphatic carbocycles. The summed E-state index contributed by atoms with van der Waals surface area (Å²) in [5, 5.41) is 2.95. The van der Waals surface area contributed by atoms with E-state index in [0.29, 0.717) is 12.5 Å². The lowest BCUT2D eigenvalue weighted by atomic mass is 10.1. The van der Waals surface area contributed by atoms with Crippen LogP contribution in [-0.4, -0.2) is 17.6 Å². The van der Waals surface area contributed by atoms with Gasteiger partial charge in [-0.15, -0.1) is 0 Å². The lowest BCUT2D eigenvalue weighted by molar-refractivity contribution is -0.137. The number of hydrogen-bond donors (Lipinski definition) is 2. The summed E-state index contributed by atoms with van der Waals surface area (Å²) in [6, 6.07) is 1.02. The smallest absolute Gasteiger partial charge is 0.369 e. The number of nitrogens with one attached hydrogen (secondary N) is 1. The van der Waals surface area contributed by atoms with Crippen molar-refractivity contribution in [1.29, 1.82) is 0 Å². The molecule has 7 heteroatoms. The van der Waals surface area contributed by atoms with E-state index in [1.807, 2.05) is 0 Å². The van der Waals surface area contributed by atoms with E-state index in [0.717, 1.165) is 31.5 Å². The monoisotopic (exact) mass is 293 g/mol. The first-order valence-corrected chi connectivity index (χ1v) is 6.48. The number of pyridine rings is 1. The zero-order valence-corrected chi connectivity index (χ0v) is 10.9. The van der Waals surface area contributed by atoms with Gasteiger partial charge in [0, 0.05) is 18.8 Å². The molecule has 0 amide bonds. The average molecular weight is 294 g/mol. The van der Waals surface area contributed by atoms with E-state index in [1.165, 1.54) is 0 Å². The first-order chi connectivity index (χ1) is 8.88. The summed E-state index contributed by atoms with van der Waals surface area (Å²) in [6.07, 6.45) is -0.555. The Balaban J connectivity index is 2.01. The van der Waals surface area contributed by atoms with Crippen LogP contribution in [0, 0.1) is 5.92 Å². The van der Waals surface area contributed by atoms with E-state index < -0.39 is 11.7 Å². The maximum Gasteiger partial charge on any atom is 0.417 e. The van der Waals surface area contributed by atoms with Gasteiger partial charge in [0.1, 0.15) is 5.82 Å². The summed E-state index contributed by atoms with van der Waals surface area (Å²) in [5.74, 6) is 0.592. The van der Waals surface area contributed by atoms with E-state index >= 15 is 0 Å². The maximum absolute atomic E-state index is 12.4. The molecule has 1 saturated carbocycles. The second-order valence-electron chi connectivity index (χ2n) is 4.79. The number of nitrogens with two attached hydrogens (primary N) is 1. The predicted molar refractivity (Wildman–Crippen MR) is 68.1 cm³/mol. The number of aromatic nitrogens is 1. The van der Waals surface area contributed by atoms with Crippen LogP contribution < -0.4 is 11.1 Å². The summed E-state index contributed by atoms with van der Waals surface area (Å²) in [7, 11) is 0. The Morgan fingerprint density at radius 2 is 2.16 bits per heavy atom. The van der Waals surface area contributed by atoms with Gasteiger partial charge in [-0.25, -0.2) is 4.98 Å². The predicted octanol–water partition coefficient (Wildman–Crippen LogP) is 3.29. The van der Waals surface area contributed by atoms with Gasteiger partial charge in [-0.1, -0.05) is 18.0 Å². The molecule has 0 radical (unpaired) electrons. The molecule has 2 atom stereocenters. The number of hydrogen-bond acceptors (Lipinski definition) is 3. The Labute approximate surface area is 114 Å². The molecule has 3 N–H and O–H groups in total. The fourth-order valence-corrected chi connectivity index (χ4v) is 2.50. The van der Waals surface area contributed by atoms with Crippen LogP contribution in [0.2, 0.25) is 5.02 Å². The normalized spacial score (nSPS) is 23.6. The number of anilines is 1. The quantitative estimate of drug-likeness (QED) is 0.899. The number of nitrogens with zero attached hydrogens (tertiary/aromatic N) is 1. The summed E-state index contributed by atoms with van der Waals surface area (Å²) in [5.41, 5.74) is 5.07. The van der Waals surface area contributed by atoms with Gasteiger partial charge < -0.3 is 11.1 Å². The van der Waals surface area contributed by atoms with E-state index in [2.05, 4.69) is 10.3 Å². The summed E-state index contributed by atoms with van der Waals surface area (Å²) >= 11 is 5.80. The molecule has 19 heavy (non-hydrogen) atoms. The molecular weight excluding hydrogens is 279 g/mol. The first kappa shape index (κ1) is 14.4. The molecule has 1 aliphatic rings. The Hall–Kier alpha value is -1.01. The molecule has 3 nitrogen and oxygen atoms in total. The Morgan fingerprint density at radius 3 is 2.68 bits per heavy atom. The van der Waals surface area contributed by atoms with Crippen molar-refractivity contribution in [2.45, 2.75) is 31.5 Å². The molecule has 1 aromatic rings. The van der Waals surface area contributed by atoms with Crippen LogP contribution in [0.3, 0.4) is 0 Å². The number of halogens is 4. The average Bonchev–Trinajstić information content (AvgIpc) is 2.72. The highest BCUT2D eigenvalue weighted by molar-refractivity contribution is 6.32. The van der Waals surface area contributed by atoms with Crippen molar-refractivity contribution in [2.24, 2.45) is 11.7 Å². The molecule has 2 rings (SSSR count). The fourth-order valence-electron chi connectivity index (χ4n) is 2.27. The largest absolute Gasteiger partial charge is 0.417 e. The minimum Gasteiger partial charge on any atom is -0.369 e. The topological polar surface area (TPSA) is 50.9 Å². The zero-order chi connectivity index (χ0) is 14.0. The SMILES string of the molecule is NC1CCCC1CNc1ncc(C(F)(F)F)cc1Cl. The second-order valence-corrected chi connectivity index (χ2v) is 5.20. The van der Waals surface area contributed by atoms with Crippen LogP contribution in [0.25, 0.3) is 0 Å². The van der Waals surface area contributed by atoms with Crippen LogP contribution >= 0.6 is 11.6 Å². The molecule has 1 heterocycles. The van der Waals surface area contributed by atoms with Gasteiger partial charge in [0.15, 0.2) is 0 Å². The van der Waals surface area contributed by atoms with Crippen molar-refractivity contribution in [1.82, 2.24) is 4.98 Å². The molecule has 1 fully saturated rings. The van der Waals surface area contributed by atoms with Crippen LogP contribution in [0.4, 0.5) is 19.0 Å². The van der Waals surface area contributed by atoms with Crippen molar-refractivity contribution >= 4 is 17.4 Å². The highest BCUT2D eigenvalue weighted by Gasteiger charge is 2.31. The maximum atomic E-state index is 12.4. The van der Waals surface area contributed by atoms with E-state index in [-0.39, 0.29) is 16.9 Å². The Bertz CT molecular complexity index is 450. The minimum absolute atomic E-state index is 0.0265.